The van der Waals surface area contributed by atoms with Crippen LogP contribution in [-0.2, 0) is 16.3 Å². The number of benzene rings is 1. The van der Waals surface area contributed by atoms with E-state index in [-0.39, 0.29) is 5.75 Å². The van der Waals surface area contributed by atoms with Gasteiger partial charge >= 0.3 is 0 Å². The minimum atomic E-state index is -2.87. The number of aryl methyl sites for hydroxylation is 1. The molecule has 1 aromatic carbocycles. The third-order valence-corrected chi connectivity index (χ3v) is 4.79. The summed E-state index contributed by atoms with van der Waals surface area (Å²) in [6.07, 6.45) is 5.55. The summed E-state index contributed by atoms with van der Waals surface area (Å²) in [7, 11) is -2.87. The normalized spacial score (nSPS) is 17.1. The average Bonchev–Trinajstić information content (AvgIpc) is 3.18. The van der Waals surface area contributed by atoms with Gasteiger partial charge in [0.1, 0.15) is 9.84 Å². The lowest BCUT2D eigenvalue weighted by atomic mass is 9.96. The van der Waals surface area contributed by atoms with E-state index in [9.17, 15) is 8.42 Å². The van der Waals surface area contributed by atoms with Crippen LogP contribution < -0.4 is 5.32 Å². The van der Waals surface area contributed by atoms with Gasteiger partial charge in [0.2, 0.25) is 0 Å². The molecule has 4 heteroatoms. The Kier molecular flexibility index (Phi) is 5.22. The van der Waals surface area contributed by atoms with Crippen LogP contribution in [0.1, 0.15) is 30.4 Å². The van der Waals surface area contributed by atoms with Crippen LogP contribution in [0.15, 0.2) is 24.3 Å². The Labute approximate surface area is 122 Å². The monoisotopic (exact) mass is 295 g/mol. The quantitative estimate of drug-likeness (QED) is 0.801. The summed E-state index contributed by atoms with van der Waals surface area (Å²) in [5.74, 6) is 0.684. The van der Waals surface area contributed by atoms with Crippen molar-refractivity contribution in [2.24, 2.45) is 5.92 Å². The van der Waals surface area contributed by atoms with E-state index in [1.54, 1.807) is 0 Å². The summed E-state index contributed by atoms with van der Waals surface area (Å²) in [5, 5.41) is 3.53. The molecule has 1 aromatic rings. The predicted molar refractivity (Wildman–Crippen MR) is 83.7 cm³/mol. The molecule has 1 atom stereocenters. The Bertz CT molecular complexity index is 518. The topological polar surface area (TPSA) is 46.2 Å². The summed E-state index contributed by atoms with van der Waals surface area (Å²) in [5.41, 5.74) is 2.56. The maximum atomic E-state index is 11.4. The SMILES string of the molecule is Cc1ccc(CC(CCS(C)(=O)=O)CNC2CC2)cc1. The third-order valence-electron chi connectivity index (χ3n) is 3.81. The molecule has 1 aliphatic rings. The largest absolute Gasteiger partial charge is 0.314 e. The van der Waals surface area contributed by atoms with Crippen molar-refractivity contribution in [3.63, 3.8) is 0 Å². The number of hydrogen-bond donors (Lipinski definition) is 1. The highest BCUT2D eigenvalue weighted by Crippen LogP contribution is 2.20. The molecule has 1 unspecified atom stereocenters. The second kappa shape index (κ2) is 6.72. The molecule has 0 amide bonds. The first-order chi connectivity index (χ1) is 9.42. The second-order valence-electron chi connectivity index (χ2n) is 6.16. The second-order valence-corrected chi connectivity index (χ2v) is 8.42. The van der Waals surface area contributed by atoms with E-state index in [1.807, 2.05) is 0 Å². The smallest absolute Gasteiger partial charge is 0.147 e. The van der Waals surface area contributed by atoms with Gasteiger partial charge in [0, 0.05) is 12.3 Å². The van der Waals surface area contributed by atoms with Crippen molar-refractivity contribution in [2.75, 3.05) is 18.6 Å². The van der Waals surface area contributed by atoms with Crippen LogP contribution >= 0.6 is 0 Å². The van der Waals surface area contributed by atoms with Crippen LogP contribution in [0.5, 0.6) is 0 Å². The Balaban J connectivity index is 1.91. The summed E-state index contributed by atoms with van der Waals surface area (Å²) >= 11 is 0. The molecule has 3 nitrogen and oxygen atoms in total. The number of sulfone groups is 1. The van der Waals surface area contributed by atoms with Crippen molar-refractivity contribution in [1.29, 1.82) is 0 Å². The summed E-state index contributed by atoms with van der Waals surface area (Å²) in [4.78, 5) is 0. The molecule has 0 spiro atoms. The first kappa shape index (κ1) is 15.5. The molecule has 1 fully saturated rings. The molecular formula is C16H25NO2S. The lowest BCUT2D eigenvalue weighted by Gasteiger charge is -2.17. The van der Waals surface area contributed by atoms with E-state index >= 15 is 0 Å². The van der Waals surface area contributed by atoms with Crippen LogP contribution in [0.2, 0.25) is 0 Å². The minimum Gasteiger partial charge on any atom is -0.314 e. The first-order valence-electron chi connectivity index (χ1n) is 7.39. The molecule has 0 aliphatic heterocycles. The van der Waals surface area contributed by atoms with Crippen LogP contribution in [0.4, 0.5) is 0 Å². The number of hydrogen-bond acceptors (Lipinski definition) is 3. The molecule has 0 bridgehead atoms. The Morgan fingerprint density at radius 1 is 1.25 bits per heavy atom. The molecule has 1 saturated carbocycles. The van der Waals surface area contributed by atoms with E-state index in [1.165, 1.54) is 30.2 Å². The van der Waals surface area contributed by atoms with Crippen molar-refractivity contribution >= 4 is 9.84 Å². The van der Waals surface area contributed by atoms with Crippen molar-refractivity contribution in [3.05, 3.63) is 35.4 Å². The molecule has 2 rings (SSSR count). The molecule has 112 valence electrons. The van der Waals surface area contributed by atoms with Crippen molar-refractivity contribution in [2.45, 2.75) is 38.6 Å². The molecule has 20 heavy (non-hydrogen) atoms. The Morgan fingerprint density at radius 2 is 1.90 bits per heavy atom. The summed E-state index contributed by atoms with van der Waals surface area (Å²) < 4.78 is 22.7. The van der Waals surface area contributed by atoms with Crippen molar-refractivity contribution in [3.8, 4) is 0 Å². The van der Waals surface area contributed by atoms with Crippen LogP contribution in [0.3, 0.4) is 0 Å². The van der Waals surface area contributed by atoms with Gasteiger partial charge in [0.25, 0.3) is 0 Å². The van der Waals surface area contributed by atoms with E-state index in [0.29, 0.717) is 12.0 Å². The van der Waals surface area contributed by atoms with Crippen LogP contribution in [-0.4, -0.2) is 33.0 Å². The summed E-state index contributed by atoms with van der Waals surface area (Å²) in [6, 6.07) is 9.22. The fourth-order valence-corrected chi connectivity index (χ4v) is 3.10. The predicted octanol–water partition coefficient (Wildman–Crippen LogP) is 2.34. The van der Waals surface area contributed by atoms with Gasteiger partial charge in [0.05, 0.1) is 5.75 Å². The van der Waals surface area contributed by atoms with E-state index in [4.69, 9.17) is 0 Å². The zero-order valence-corrected chi connectivity index (χ0v) is 13.2. The van der Waals surface area contributed by atoms with Gasteiger partial charge in [-0.25, -0.2) is 8.42 Å². The number of nitrogens with one attached hydrogen (secondary N) is 1. The van der Waals surface area contributed by atoms with Gasteiger partial charge in [-0.15, -0.1) is 0 Å². The van der Waals surface area contributed by atoms with Gasteiger partial charge in [-0.1, -0.05) is 29.8 Å². The fraction of sp³-hybridized carbons (Fsp3) is 0.625. The molecule has 0 aromatic heterocycles. The van der Waals surface area contributed by atoms with Gasteiger partial charge < -0.3 is 5.32 Å². The van der Waals surface area contributed by atoms with Gasteiger partial charge in [-0.05, 0) is 50.6 Å². The van der Waals surface area contributed by atoms with E-state index in [2.05, 4.69) is 36.5 Å². The molecule has 0 heterocycles. The zero-order chi connectivity index (χ0) is 14.6. The highest BCUT2D eigenvalue weighted by atomic mass is 32.2. The molecule has 0 radical (unpaired) electrons. The average molecular weight is 295 g/mol. The van der Waals surface area contributed by atoms with Crippen molar-refractivity contribution < 1.29 is 8.42 Å². The van der Waals surface area contributed by atoms with Crippen molar-refractivity contribution in [1.82, 2.24) is 5.32 Å². The lowest BCUT2D eigenvalue weighted by molar-refractivity contribution is 0.457. The Hall–Kier alpha value is -0.870. The molecule has 0 saturated heterocycles. The Morgan fingerprint density at radius 3 is 2.45 bits per heavy atom. The minimum absolute atomic E-state index is 0.288. The standard InChI is InChI=1S/C16H25NO2S/c1-13-3-5-14(6-4-13)11-15(9-10-20(2,18)19)12-17-16-7-8-16/h3-6,15-17H,7-12H2,1-2H3. The third kappa shape index (κ3) is 6.06. The molecular weight excluding hydrogens is 270 g/mol. The van der Waals surface area contributed by atoms with Gasteiger partial charge in [0.15, 0.2) is 0 Å². The van der Waals surface area contributed by atoms with Crippen LogP contribution in [0.25, 0.3) is 0 Å². The van der Waals surface area contributed by atoms with Gasteiger partial charge in [-0.3, -0.25) is 0 Å². The summed E-state index contributed by atoms with van der Waals surface area (Å²) in [6.45, 7) is 3.01. The maximum absolute atomic E-state index is 11.4. The highest BCUT2D eigenvalue weighted by Gasteiger charge is 2.22. The number of rotatable bonds is 8. The maximum Gasteiger partial charge on any atom is 0.147 e. The zero-order valence-electron chi connectivity index (χ0n) is 12.4. The first-order valence-corrected chi connectivity index (χ1v) is 9.45. The highest BCUT2D eigenvalue weighted by molar-refractivity contribution is 7.90. The van der Waals surface area contributed by atoms with E-state index < -0.39 is 9.84 Å². The lowest BCUT2D eigenvalue weighted by Crippen LogP contribution is -2.27. The molecule has 1 aliphatic carbocycles. The van der Waals surface area contributed by atoms with Gasteiger partial charge in [-0.2, -0.15) is 0 Å². The fourth-order valence-electron chi connectivity index (χ4n) is 2.34. The van der Waals surface area contributed by atoms with Crippen LogP contribution in [0, 0.1) is 12.8 Å². The molecule has 1 N–H and O–H groups in total. The van der Waals surface area contributed by atoms with E-state index in [0.717, 1.165) is 19.4 Å².